The zero-order chi connectivity index (χ0) is 16.9. The lowest BCUT2D eigenvalue weighted by Crippen LogP contribution is -2.22. The average Bonchev–Trinajstić information content (AvgIpc) is 2.54. The summed E-state index contributed by atoms with van der Waals surface area (Å²) in [6.45, 7) is 0. The first kappa shape index (κ1) is 16.9. The van der Waals surface area contributed by atoms with Gasteiger partial charge in [-0.1, -0.05) is 36.4 Å². The Hall–Kier alpha value is -2.44. The molecule has 0 saturated heterocycles. The van der Waals surface area contributed by atoms with Gasteiger partial charge in [0.05, 0.1) is 4.90 Å². The molecule has 0 fully saturated rings. The molecule has 2 aromatic rings. The van der Waals surface area contributed by atoms with Crippen LogP contribution in [0.2, 0.25) is 0 Å². The zero-order valence-electron chi connectivity index (χ0n) is 12.9. The Labute approximate surface area is 136 Å². The Morgan fingerprint density at radius 1 is 1.04 bits per heavy atom. The lowest BCUT2D eigenvalue weighted by Gasteiger charge is -2.12. The number of hydrogen-bond donors (Lipinski definition) is 1. The molecule has 0 saturated carbocycles. The number of benzene rings is 2. The standard InChI is InChI=1S/C17H18N2O3S/c1-19(2)23(21,22)16-10-6-9-15(13-16)18-17(20)12-11-14-7-4-3-5-8-14/h3-13H,1-2H3,(H,18,20). The minimum absolute atomic E-state index is 0.132. The highest BCUT2D eigenvalue weighted by atomic mass is 32.2. The van der Waals surface area contributed by atoms with E-state index in [1.165, 1.54) is 32.3 Å². The molecule has 6 heteroatoms. The lowest BCUT2D eigenvalue weighted by atomic mass is 10.2. The number of anilines is 1. The van der Waals surface area contributed by atoms with Crippen molar-refractivity contribution in [3.63, 3.8) is 0 Å². The van der Waals surface area contributed by atoms with Crippen LogP contribution in [0.25, 0.3) is 6.08 Å². The van der Waals surface area contributed by atoms with Gasteiger partial charge in [0.25, 0.3) is 0 Å². The number of carbonyl (C=O) groups excluding carboxylic acids is 1. The Morgan fingerprint density at radius 3 is 2.39 bits per heavy atom. The summed E-state index contributed by atoms with van der Waals surface area (Å²) in [7, 11) is -0.603. The van der Waals surface area contributed by atoms with Gasteiger partial charge in [-0.25, -0.2) is 12.7 Å². The fourth-order valence-electron chi connectivity index (χ4n) is 1.87. The number of hydrogen-bond acceptors (Lipinski definition) is 3. The SMILES string of the molecule is CN(C)S(=O)(=O)c1cccc(NC(=O)C=Cc2ccccc2)c1. The largest absolute Gasteiger partial charge is 0.322 e. The molecule has 0 spiro atoms. The van der Waals surface area contributed by atoms with E-state index in [4.69, 9.17) is 0 Å². The van der Waals surface area contributed by atoms with Gasteiger partial charge in [0.15, 0.2) is 0 Å². The van der Waals surface area contributed by atoms with Crippen LogP contribution in [-0.4, -0.2) is 32.7 Å². The third kappa shape index (κ3) is 4.51. The summed E-state index contributed by atoms with van der Waals surface area (Å²) >= 11 is 0. The van der Waals surface area contributed by atoms with Crippen molar-refractivity contribution in [1.29, 1.82) is 0 Å². The molecular weight excluding hydrogens is 312 g/mol. The molecule has 0 aliphatic rings. The monoisotopic (exact) mass is 330 g/mol. The van der Waals surface area contributed by atoms with Crippen LogP contribution >= 0.6 is 0 Å². The molecule has 0 aliphatic carbocycles. The van der Waals surface area contributed by atoms with Gasteiger partial charge >= 0.3 is 0 Å². The molecule has 1 N–H and O–H groups in total. The smallest absolute Gasteiger partial charge is 0.248 e. The summed E-state index contributed by atoms with van der Waals surface area (Å²) in [6.07, 6.45) is 3.10. The summed E-state index contributed by atoms with van der Waals surface area (Å²) in [4.78, 5) is 12.1. The van der Waals surface area contributed by atoms with Crippen LogP contribution in [0.3, 0.4) is 0 Å². The van der Waals surface area contributed by atoms with Crippen molar-refractivity contribution < 1.29 is 13.2 Å². The maximum atomic E-state index is 12.1. The number of sulfonamides is 1. The number of rotatable bonds is 5. The number of carbonyl (C=O) groups is 1. The van der Waals surface area contributed by atoms with E-state index in [2.05, 4.69) is 5.32 Å². The summed E-state index contributed by atoms with van der Waals surface area (Å²) in [6, 6.07) is 15.6. The van der Waals surface area contributed by atoms with Crippen LogP contribution in [0.1, 0.15) is 5.56 Å². The van der Waals surface area contributed by atoms with Crippen molar-refractivity contribution in [1.82, 2.24) is 4.31 Å². The van der Waals surface area contributed by atoms with Crippen molar-refractivity contribution in [3.8, 4) is 0 Å². The number of nitrogens with one attached hydrogen (secondary N) is 1. The lowest BCUT2D eigenvalue weighted by molar-refractivity contribution is -0.111. The van der Waals surface area contributed by atoms with E-state index in [1.807, 2.05) is 30.3 Å². The molecule has 0 heterocycles. The Morgan fingerprint density at radius 2 is 1.74 bits per heavy atom. The normalized spacial score (nSPS) is 11.8. The van der Waals surface area contributed by atoms with Crippen molar-refractivity contribution >= 4 is 27.7 Å². The molecule has 1 amide bonds. The van der Waals surface area contributed by atoms with Crippen LogP contribution in [-0.2, 0) is 14.8 Å². The second kappa shape index (κ2) is 7.21. The summed E-state index contributed by atoms with van der Waals surface area (Å²) in [5.74, 6) is -0.326. The van der Waals surface area contributed by atoms with Gasteiger partial charge in [0.2, 0.25) is 15.9 Å². The van der Waals surface area contributed by atoms with Crippen LogP contribution in [0.5, 0.6) is 0 Å². The third-order valence-corrected chi connectivity index (χ3v) is 4.92. The zero-order valence-corrected chi connectivity index (χ0v) is 13.7. The minimum Gasteiger partial charge on any atom is -0.322 e. The molecule has 0 aromatic heterocycles. The molecule has 0 aliphatic heterocycles. The van der Waals surface area contributed by atoms with Crippen molar-refractivity contribution in [2.75, 3.05) is 19.4 Å². The minimum atomic E-state index is -3.53. The number of nitrogens with zero attached hydrogens (tertiary/aromatic N) is 1. The Balaban J connectivity index is 2.12. The van der Waals surface area contributed by atoms with E-state index in [9.17, 15) is 13.2 Å². The van der Waals surface area contributed by atoms with Gasteiger partial charge in [-0.2, -0.15) is 0 Å². The predicted octanol–water partition coefficient (Wildman–Crippen LogP) is 2.59. The third-order valence-electron chi connectivity index (χ3n) is 3.11. The molecule has 120 valence electrons. The molecule has 2 rings (SSSR count). The van der Waals surface area contributed by atoms with Crippen LogP contribution in [0.4, 0.5) is 5.69 Å². The molecular formula is C17H18N2O3S. The van der Waals surface area contributed by atoms with E-state index in [0.29, 0.717) is 5.69 Å². The molecule has 5 nitrogen and oxygen atoms in total. The quantitative estimate of drug-likeness (QED) is 0.857. The highest BCUT2D eigenvalue weighted by Gasteiger charge is 2.17. The molecule has 23 heavy (non-hydrogen) atoms. The van der Waals surface area contributed by atoms with Crippen molar-refractivity contribution in [2.45, 2.75) is 4.90 Å². The molecule has 0 bridgehead atoms. The first-order valence-electron chi connectivity index (χ1n) is 6.96. The van der Waals surface area contributed by atoms with Gasteiger partial charge in [-0.15, -0.1) is 0 Å². The van der Waals surface area contributed by atoms with Crippen molar-refractivity contribution in [3.05, 3.63) is 66.2 Å². The fourth-order valence-corrected chi connectivity index (χ4v) is 2.81. The second-order valence-corrected chi connectivity index (χ2v) is 7.20. The second-order valence-electron chi connectivity index (χ2n) is 5.05. The summed E-state index contributed by atoms with van der Waals surface area (Å²) in [5.41, 5.74) is 1.34. The van der Waals surface area contributed by atoms with E-state index >= 15 is 0 Å². The van der Waals surface area contributed by atoms with Gasteiger partial charge in [-0.05, 0) is 29.8 Å². The van der Waals surface area contributed by atoms with Crippen LogP contribution in [0.15, 0.2) is 65.6 Å². The summed E-state index contributed by atoms with van der Waals surface area (Å²) < 4.78 is 25.3. The maximum Gasteiger partial charge on any atom is 0.248 e. The van der Waals surface area contributed by atoms with E-state index < -0.39 is 10.0 Å². The van der Waals surface area contributed by atoms with Gasteiger partial charge in [-0.3, -0.25) is 4.79 Å². The molecule has 0 unspecified atom stereocenters. The fraction of sp³-hybridized carbons (Fsp3) is 0.118. The van der Waals surface area contributed by atoms with Crippen LogP contribution in [0, 0.1) is 0 Å². The Kier molecular flexibility index (Phi) is 5.31. The van der Waals surface area contributed by atoms with Crippen molar-refractivity contribution in [2.24, 2.45) is 0 Å². The highest BCUT2D eigenvalue weighted by molar-refractivity contribution is 7.89. The predicted molar refractivity (Wildman–Crippen MR) is 91.4 cm³/mol. The Bertz CT molecular complexity index is 813. The van der Waals surface area contributed by atoms with E-state index in [0.717, 1.165) is 9.87 Å². The van der Waals surface area contributed by atoms with E-state index in [-0.39, 0.29) is 10.8 Å². The summed E-state index contributed by atoms with van der Waals surface area (Å²) in [5, 5.41) is 2.65. The van der Waals surface area contributed by atoms with Gasteiger partial charge in [0.1, 0.15) is 0 Å². The molecule has 0 radical (unpaired) electrons. The molecule has 0 atom stereocenters. The average molecular weight is 330 g/mol. The van der Waals surface area contributed by atoms with Gasteiger partial charge < -0.3 is 5.32 Å². The highest BCUT2D eigenvalue weighted by Crippen LogP contribution is 2.18. The van der Waals surface area contributed by atoms with Gasteiger partial charge in [0, 0.05) is 25.9 Å². The number of amides is 1. The first-order valence-corrected chi connectivity index (χ1v) is 8.40. The topological polar surface area (TPSA) is 66.5 Å². The van der Waals surface area contributed by atoms with E-state index in [1.54, 1.807) is 18.2 Å². The maximum absolute atomic E-state index is 12.1. The first-order chi connectivity index (χ1) is 10.9. The molecule has 2 aromatic carbocycles. The van der Waals surface area contributed by atoms with Crippen LogP contribution < -0.4 is 5.32 Å².